The van der Waals surface area contributed by atoms with Crippen molar-refractivity contribution in [2.24, 2.45) is 5.92 Å². The lowest BCUT2D eigenvalue weighted by Gasteiger charge is -2.32. The molecule has 2 atom stereocenters. The van der Waals surface area contributed by atoms with Crippen LogP contribution >= 0.6 is 0 Å². The first-order valence-corrected chi connectivity index (χ1v) is 4.90. The highest BCUT2D eigenvalue weighted by Gasteiger charge is 2.21. The molecule has 1 heteroatoms. The summed E-state index contributed by atoms with van der Waals surface area (Å²) < 4.78 is 0. The summed E-state index contributed by atoms with van der Waals surface area (Å²) in [6, 6.07) is 0.869. The quantitative estimate of drug-likeness (QED) is 0.592. The van der Waals surface area contributed by atoms with E-state index in [0.29, 0.717) is 0 Å². The predicted molar refractivity (Wildman–Crippen MR) is 49.7 cm³/mol. The molecule has 0 aromatic rings. The summed E-state index contributed by atoms with van der Waals surface area (Å²) in [7, 11) is 4.42. The molecule has 1 aliphatic rings. The van der Waals surface area contributed by atoms with Crippen molar-refractivity contribution in [1.82, 2.24) is 4.90 Å². The lowest BCUT2D eigenvalue weighted by atomic mass is 9.84. The van der Waals surface area contributed by atoms with Crippen molar-refractivity contribution >= 4 is 0 Å². The molecule has 66 valence electrons. The second kappa shape index (κ2) is 4.10. The number of nitrogens with zero attached hydrogens (tertiary/aromatic N) is 1. The molecule has 0 aliphatic heterocycles. The van der Waals surface area contributed by atoms with Crippen LogP contribution in [0.5, 0.6) is 0 Å². The average Bonchev–Trinajstić information content (AvgIpc) is 2.05. The number of hydrogen-bond acceptors (Lipinski definition) is 1. The minimum absolute atomic E-state index is 0.869. The molecule has 0 N–H and O–H groups in total. The summed E-state index contributed by atoms with van der Waals surface area (Å²) in [6.45, 7) is 2.32. The van der Waals surface area contributed by atoms with Crippen LogP contribution in [-0.2, 0) is 0 Å². The van der Waals surface area contributed by atoms with Gasteiger partial charge in [0.15, 0.2) is 0 Å². The predicted octanol–water partition coefficient (Wildman–Crippen LogP) is 2.52. The fourth-order valence-corrected chi connectivity index (χ4v) is 2.10. The van der Waals surface area contributed by atoms with E-state index >= 15 is 0 Å². The first-order chi connectivity index (χ1) is 5.24. The third-order valence-electron chi connectivity index (χ3n) is 3.06. The van der Waals surface area contributed by atoms with Gasteiger partial charge in [0, 0.05) is 6.04 Å². The van der Waals surface area contributed by atoms with E-state index in [0.717, 1.165) is 12.0 Å². The maximum atomic E-state index is 2.39. The van der Waals surface area contributed by atoms with Gasteiger partial charge in [-0.3, -0.25) is 0 Å². The molecule has 0 aromatic heterocycles. The Balaban J connectivity index is 2.33. The second-order valence-corrected chi connectivity index (χ2v) is 4.06. The summed E-state index contributed by atoms with van der Waals surface area (Å²) in [5.41, 5.74) is 0. The van der Waals surface area contributed by atoms with Crippen molar-refractivity contribution in [3.63, 3.8) is 0 Å². The maximum Gasteiger partial charge on any atom is 0.00918 e. The van der Waals surface area contributed by atoms with Gasteiger partial charge in [0.1, 0.15) is 0 Å². The van der Waals surface area contributed by atoms with Crippen molar-refractivity contribution in [3.8, 4) is 0 Å². The van der Waals surface area contributed by atoms with E-state index in [4.69, 9.17) is 0 Å². The lowest BCUT2D eigenvalue weighted by Crippen LogP contribution is -2.32. The Hall–Kier alpha value is -0.0400. The van der Waals surface area contributed by atoms with Gasteiger partial charge in [-0.15, -0.1) is 0 Å². The molecular formula is C10H21N. The van der Waals surface area contributed by atoms with Crippen LogP contribution in [0.15, 0.2) is 0 Å². The summed E-state index contributed by atoms with van der Waals surface area (Å²) in [6.07, 6.45) is 7.15. The molecular weight excluding hydrogens is 134 g/mol. The maximum absolute atomic E-state index is 2.39. The zero-order chi connectivity index (χ0) is 8.27. The first-order valence-electron chi connectivity index (χ1n) is 4.90. The Kier molecular flexibility index (Phi) is 3.38. The van der Waals surface area contributed by atoms with Crippen molar-refractivity contribution in [2.45, 2.75) is 45.1 Å². The van der Waals surface area contributed by atoms with E-state index in [-0.39, 0.29) is 0 Å². The van der Waals surface area contributed by atoms with Gasteiger partial charge in [-0.1, -0.05) is 26.2 Å². The fraction of sp³-hybridized carbons (Fsp3) is 1.00. The van der Waals surface area contributed by atoms with E-state index in [1.807, 2.05) is 0 Å². The highest BCUT2D eigenvalue weighted by atomic mass is 15.1. The Morgan fingerprint density at radius 1 is 1.27 bits per heavy atom. The molecule has 0 aromatic carbocycles. The summed E-state index contributed by atoms with van der Waals surface area (Å²) in [5.74, 6) is 1.01. The van der Waals surface area contributed by atoms with Gasteiger partial charge in [0.2, 0.25) is 0 Å². The highest BCUT2D eigenvalue weighted by molar-refractivity contribution is 4.76. The molecule has 0 spiro atoms. The third-order valence-corrected chi connectivity index (χ3v) is 3.06. The highest BCUT2D eigenvalue weighted by Crippen LogP contribution is 2.28. The molecule has 0 saturated heterocycles. The van der Waals surface area contributed by atoms with Crippen molar-refractivity contribution in [3.05, 3.63) is 0 Å². The molecule has 0 radical (unpaired) electrons. The Morgan fingerprint density at radius 2 is 2.00 bits per heavy atom. The Labute approximate surface area is 70.8 Å². The largest absolute Gasteiger partial charge is 0.306 e. The van der Waals surface area contributed by atoms with Gasteiger partial charge in [-0.05, 0) is 32.9 Å². The SMILES string of the molecule is CC[C@@H]1CCC[C@H](N(C)C)C1. The molecule has 0 heterocycles. The van der Waals surface area contributed by atoms with Gasteiger partial charge < -0.3 is 4.90 Å². The smallest absolute Gasteiger partial charge is 0.00918 e. The van der Waals surface area contributed by atoms with E-state index in [1.165, 1.54) is 32.1 Å². The van der Waals surface area contributed by atoms with Crippen molar-refractivity contribution in [1.29, 1.82) is 0 Å². The molecule has 11 heavy (non-hydrogen) atoms. The van der Waals surface area contributed by atoms with Crippen LogP contribution in [0.25, 0.3) is 0 Å². The van der Waals surface area contributed by atoms with Crippen molar-refractivity contribution < 1.29 is 0 Å². The minimum Gasteiger partial charge on any atom is -0.306 e. The first kappa shape index (κ1) is 9.05. The summed E-state index contributed by atoms with van der Waals surface area (Å²) in [5, 5.41) is 0. The van der Waals surface area contributed by atoms with Crippen LogP contribution < -0.4 is 0 Å². The van der Waals surface area contributed by atoms with Crippen LogP contribution in [0.1, 0.15) is 39.0 Å². The normalized spacial score (nSPS) is 32.7. The molecule has 0 bridgehead atoms. The number of hydrogen-bond donors (Lipinski definition) is 0. The Bertz CT molecular complexity index is 109. The zero-order valence-electron chi connectivity index (χ0n) is 8.14. The van der Waals surface area contributed by atoms with E-state index in [9.17, 15) is 0 Å². The van der Waals surface area contributed by atoms with Crippen molar-refractivity contribution in [2.75, 3.05) is 14.1 Å². The van der Waals surface area contributed by atoms with Crippen LogP contribution in [0.3, 0.4) is 0 Å². The molecule has 1 nitrogen and oxygen atoms in total. The second-order valence-electron chi connectivity index (χ2n) is 4.06. The monoisotopic (exact) mass is 155 g/mol. The molecule has 1 saturated carbocycles. The van der Waals surface area contributed by atoms with Crippen LogP contribution in [-0.4, -0.2) is 25.0 Å². The molecule has 0 unspecified atom stereocenters. The molecule has 1 aliphatic carbocycles. The van der Waals surface area contributed by atoms with Gasteiger partial charge in [-0.2, -0.15) is 0 Å². The molecule has 1 rings (SSSR count). The minimum atomic E-state index is 0.869. The summed E-state index contributed by atoms with van der Waals surface area (Å²) in [4.78, 5) is 2.39. The Morgan fingerprint density at radius 3 is 2.55 bits per heavy atom. The number of rotatable bonds is 2. The van der Waals surface area contributed by atoms with Crippen LogP contribution in [0.4, 0.5) is 0 Å². The fourth-order valence-electron chi connectivity index (χ4n) is 2.10. The topological polar surface area (TPSA) is 3.24 Å². The van der Waals surface area contributed by atoms with Gasteiger partial charge >= 0.3 is 0 Å². The average molecular weight is 155 g/mol. The van der Waals surface area contributed by atoms with Crippen LogP contribution in [0.2, 0.25) is 0 Å². The molecule has 0 amide bonds. The van der Waals surface area contributed by atoms with E-state index in [2.05, 4.69) is 25.9 Å². The van der Waals surface area contributed by atoms with Gasteiger partial charge in [0.05, 0.1) is 0 Å². The van der Waals surface area contributed by atoms with E-state index in [1.54, 1.807) is 0 Å². The lowest BCUT2D eigenvalue weighted by molar-refractivity contribution is 0.183. The van der Waals surface area contributed by atoms with Gasteiger partial charge in [-0.25, -0.2) is 0 Å². The molecule has 1 fully saturated rings. The van der Waals surface area contributed by atoms with E-state index < -0.39 is 0 Å². The van der Waals surface area contributed by atoms with Gasteiger partial charge in [0.25, 0.3) is 0 Å². The summed E-state index contributed by atoms with van der Waals surface area (Å²) >= 11 is 0. The zero-order valence-corrected chi connectivity index (χ0v) is 8.14. The third kappa shape index (κ3) is 2.48. The standard InChI is InChI=1S/C10H21N/c1-4-9-6-5-7-10(8-9)11(2)3/h9-10H,4-8H2,1-3H3/t9-,10+/m1/s1. The van der Waals surface area contributed by atoms with Crippen LogP contribution in [0, 0.1) is 5.92 Å².